The molecule has 0 aromatic heterocycles. The molecule has 1 aromatic rings. The predicted molar refractivity (Wildman–Crippen MR) is 90.1 cm³/mol. The molecule has 1 rings (SSSR count). The molecule has 1 aromatic carbocycles. The number of nitrogens with one attached hydrogen (secondary N) is 1. The van der Waals surface area contributed by atoms with E-state index in [0.29, 0.717) is 64.1 Å². The van der Waals surface area contributed by atoms with Crippen LogP contribution in [-0.2, 0) is 14.2 Å². The Morgan fingerprint density at radius 1 is 1.00 bits per heavy atom. The quantitative estimate of drug-likeness (QED) is 0.0973. The summed E-state index contributed by atoms with van der Waals surface area (Å²) in [5, 5.41) is 3.35. The molecule has 0 bridgehead atoms. The average Bonchev–Trinajstić information content (AvgIpc) is 2.65. The smallest absolute Gasteiger partial charge is 0.265 e. The number of carbonyl (C=O) groups is 1. The number of rotatable bonds is 14. The maximum absolute atomic E-state index is 11.3. The van der Waals surface area contributed by atoms with E-state index in [1.54, 1.807) is 24.3 Å². The number of amides is 1. The third-order valence-electron chi connectivity index (χ3n) is 2.89. The van der Waals surface area contributed by atoms with E-state index in [1.807, 2.05) is 0 Å². The number of hydrogen-bond donors (Lipinski definition) is 2. The number of ether oxygens (including phenoxy) is 4. The first-order valence-electron chi connectivity index (χ1n) is 7.76. The number of benzene rings is 1. The highest BCUT2D eigenvalue weighted by molar-refractivity contribution is 5.93. The highest BCUT2D eigenvalue weighted by Gasteiger charge is 2.02. The molecule has 10 heteroatoms. The van der Waals surface area contributed by atoms with Crippen LogP contribution in [0.5, 0.6) is 5.75 Å². The lowest BCUT2D eigenvalue weighted by Gasteiger charge is -2.08. The number of hydrazine groups is 1. The molecular formula is C15H23N5O5. The van der Waals surface area contributed by atoms with Crippen molar-refractivity contribution in [2.75, 3.05) is 52.8 Å². The number of nitrogen functional groups attached to an aromatic ring is 1. The minimum absolute atomic E-state index is 0.322. The average molecular weight is 353 g/mol. The maximum atomic E-state index is 11.3. The van der Waals surface area contributed by atoms with Crippen molar-refractivity contribution >= 4 is 5.91 Å². The van der Waals surface area contributed by atoms with Gasteiger partial charge in [-0.25, -0.2) is 5.84 Å². The normalized spacial score (nSPS) is 10.1. The first-order valence-corrected chi connectivity index (χ1v) is 7.76. The molecular weight excluding hydrogens is 330 g/mol. The summed E-state index contributed by atoms with van der Waals surface area (Å²) in [6, 6.07) is 6.63. The van der Waals surface area contributed by atoms with Gasteiger partial charge in [-0.1, -0.05) is 5.11 Å². The molecule has 1 amide bonds. The fourth-order valence-corrected chi connectivity index (χ4v) is 1.70. The lowest BCUT2D eigenvalue weighted by molar-refractivity contribution is 0.0106. The molecule has 0 aliphatic heterocycles. The Morgan fingerprint density at radius 3 is 2.12 bits per heavy atom. The third-order valence-corrected chi connectivity index (χ3v) is 2.89. The van der Waals surface area contributed by atoms with Crippen LogP contribution in [0.2, 0.25) is 0 Å². The maximum Gasteiger partial charge on any atom is 0.265 e. The minimum Gasteiger partial charge on any atom is -0.491 e. The summed E-state index contributed by atoms with van der Waals surface area (Å²) in [4.78, 5) is 13.9. The molecule has 0 atom stereocenters. The Balaban J connectivity index is 1.93. The zero-order valence-corrected chi connectivity index (χ0v) is 13.9. The van der Waals surface area contributed by atoms with Gasteiger partial charge in [-0.2, -0.15) is 0 Å². The van der Waals surface area contributed by atoms with Gasteiger partial charge in [-0.15, -0.1) is 0 Å². The fraction of sp³-hybridized carbons (Fsp3) is 0.533. The third kappa shape index (κ3) is 10.2. The van der Waals surface area contributed by atoms with Gasteiger partial charge in [0.15, 0.2) is 0 Å². The molecule has 0 heterocycles. The molecule has 25 heavy (non-hydrogen) atoms. The van der Waals surface area contributed by atoms with Crippen LogP contribution in [0.1, 0.15) is 10.4 Å². The van der Waals surface area contributed by atoms with E-state index in [2.05, 4.69) is 15.5 Å². The van der Waals surface area contributed by atoms with Crippen LogP contribution < -0.4 is 16.0 Å². The minimum atomic E-state index is -0.351. The molecule has 0 saturated carbocycles. The van der Waals surface area contributed by atoms with Gasteiger partial charge >= 0.3 is 0 Å². The Morgan fingerprint density at radius 2 is 1.56 bits per heavy atom. The Hall–Kier alpha value is -2.36. The van der Waals surface area contributed by atoms with Gasteiger partial charge in [-0.3, -0.25) is 10.2 Å². The lowest BCUT2D eigenvalue weighted by Crippen LogP contribution is -2.29. The van der Waals surface area contributed by atoms with Crippen molar-refractivity contribution in [1.29, 1.82) is 0 Å². The molecule has 0 saturated heterocycles. The second-order valence-electron chi connectivity index (χ2n) is 4.64. The molecule has 0 radical (unpaired) electrons. The van der Waals surface area contributed by atoms with Crippen LogP contribution in [0.15, 0.2) is 29.4 Å². The highest BCUT2D eigenvalue weighted by atomic mass is 16.6. The van der Waals surface area contributed by atoms with Crippen molar-refractivity contribution in [3.63, 3.8) is 0 Å². The van der Waals surface area contributed by atoms with E-state index in [1.165, 1.54) is 0 Å². The number of hydrogen-bond acceptors (Lipinski definition) is 7. The summed E-state index contributed by atoms with van der Waals surface area (Å²) in [7, 11) is 0. The van der Waals surface area contributed by atoms with Crippen molar-refractivity contribution in [3.05, 3.63) is 40.3 Å². The van der Waals surface area contributed by atoms with E-state index < -0.39 is 0 Å². The number of azide groups is 1. The molecule has 138 valence electrons. The molecule has 0 aliphatic rings. The van der Waals surface area contributed by atoms with Gasteiger partial charge < -0.3 is 18.9 Å². The number of nitrogens with zero attached hydrogens (tertiary/aromatic N) is 3. The van der Waals surface area contributed by atoms with Crippen LogP contribution in [0.4, 0.5) is 0 Å². The van der Waals surface area contributed by atoms with Crippen LogP contribution in [0, 0.1) is 0 Å². The summed E-state index contributed by atoms with van der Waals surface area (Å²) >= 11 is 0. The molecule has 3 N–H and O–H groups in total. The summed E-state index contributed by atoms with van der Waals surface area (Å²) in [6.45, 7) is 3.35. The van der Waals surface area contributed by atoms with Crippen molar-refractivity contribution in [1.82, 2.24) is 5.43 Å². The van der Waals surface area contributed by atoms with Gasteiger partial charge in [0.25, 0.3) is 5.91 Å². The molecule has 0 spiro atoms. The summed E-state index contributed by atoms with van der Waals surface area (Å²) in [6.07, 6.45) is 0. The zero-order chi connectivity index (χ0) is 18.2. The predicted octanol–water partition coefficient (Wildman–Crippen LogP) is 1.03. The Bertz CT molecular complexity index is 534. The first kappa shape index (κ1) is 20.7. The monoisotopic (exact) mass is 353 g/mol. The van der Waals surface area contributed by atoms with Gasteiger partial charge in [0, 0.05) is 17.0 Å². The second-order valence-corrected chi connectivity index (χ2v) is 4.64. The van der Waals surface area contributed by atoms with Gasteiger partial charge in [-0.05, 0) is 29.8 Å². The second kappa shape index (κ2) is 14.0. The largest absolute Gasteiger partial charge is 0.491 e. The summed E-state index contributed by atoms with van der Waals surface area (Å²) < 4.78 is 21.3. The summed E-state index contributed by atoms with van der Waals surface area (Å²) in [5.74, 6) is 5.35. The molecule has 10 nitrogen and oxygen atoms in total. The Kier molecular flexibility index (Phi) is 11.6. The lowest BCUT2D eigenvalue weighted by atomic mass is 10.2. The van der Waals surface area contributed by atoms with Crippen molar-refractivity contribution in [2.45, 2.75) is 0 Å². The van der Waals surface area contributed by atoms with Crippen molar-refractivity contribution in [3.8, 4) is 5.75 Å². The topological polar surface area (TPSA) is 141 Å². The van der Waals surface area contributed by atoms with Crippen LogP contribution in [-0.4, -0.2) is 58.7 Å². The van der Waals surface area contributed by atoms with E-state index in [9.17, 15) is 4.79 Å². The van der Waals surface area contributed by atoms with Crippen LogP contribution in [0.25, 0.3) is 10.4 Å². The fourth-order valence-electron chi connectivity index (χ4n) is 1.70. The zero-order valence-electron chi connectivity index (χ0n) is 13.9. The molecule has 0 aliphatic carbocycles. The Labute approximate surface area is 145 Å². The first-order chi connectivity index (χ1) is 12.3. The van der Waals surface area contributed by atoms with E-state index in [4.69, 9.17) is 30.3 Å². The van der Waals surface area contributed by atoms with Gasteiger partial charge in [0.1, 0.15) is 12.4 Å². The van der Waals surface area contributed by atoms with Crippen LogP contribution >= 0.6 is 0 Å². The number of carbonyl (C=O) groups excluding carboxylic acids is 1. The van der Waals surface area contributed by atoms with Gasteiger partial charge in [0.05, 0.1) is 39.6 Å². The highest BCUT2D eigenvalue weighted by Crippen LogP contribution is 2.11. The SMILES string of the molecule is [N-]=[N+]=NCCOCCOCCOCCOc1ccc(C(=O)NN)cc1. The number of nitrogens with two attached hydrogens (primary N) is 1. The summed E-state index contributed by atoms with van der Waals surface area (Å²) in [5.41, 5.74) is 10.6. The molecule has 0 fully saturated rings. The van der Waals surface area contributed by atoms with Crippen molar-refractivity contribution in [2.24, 2.45) is 11.0 Å². The molecule has 0 unspecified atom stereocenters. The standard InChI is InChI=1S/C15H23N5O5/c16-19-15(21)13-1-3-14(4-2-13)25-12-11-24-10-9-23-8-7-22-6-5-18-20-17/h1-4H,5-12,16H2,(H,19,21). The van der Waals surface area contributed by atoms with Crippen molar-refractivity contribution < 1.29 is 23.7 Å². The van der Waals surface area contributed by atoms with Crippen LogP contribution in [0.3, 0.4) is 0 Å². The van der Waals surface area contributed by atoms with E-state index in [0.717, 1.165) is 0 Å². The van der Waals surface area contributed by atoms with E-state index >= 15 is 0 Å². The van der Waals surface area contributed by atoms with Gasteiger partial charge in [0.2, 0.25) is 0 Å². The van der Waals surface area contributed by atoms with E-state index in [-0.39, 0.29) is 5.91 Å².